The van der Waals surface area contributed by atoms with E-state index in [-0.39, 0.29) is 0 Å². The number of benzene rings is 1. The zero-order chi connectivity index (χ0) is 9.14. The molecule has 0 amide bonds. The second-order valence-corrected chi connectivity index (χ2v) is 3.60. The van der Waals surface area contributed by atoms with Gasteiger partial charge in [0, 0.05) is 6.42 Å². The van der Waals surface area contributed by atoms with Gasteiger partial charge < -0.3 is 5.73 Å². The van der Waals surface area contributed by atoms with Gasteiger partial charge in [-0.1, -0.05) is 36.0 Å². The van der Waals surface area contributed by atoms with Crippen LogP contribution in [0.1, 0.15) is 16.7 Å². The van der Waals surface area contributed by atoms with Crippen molar-refractivity contribution in [1.29, 1.82) is 0 Å². The van der Waals surface area contributed by atoms with Crippen molar-refractivity contribution in [1.82, 2.24) is 0 Å². The van der Waals surface area contributed by atoms with Crippen LogP contribution in [0.4, 0.5) is 0 Å². The molecule has 1 aromatic rings. The third-order valence-electron chi connectivity index (χ3n) is 1.87. The zero-order valence-corrected chi connectivity index (χ0v) is 8.24. The summed E-state index contributed by atoms with van der Waals surface area (Å²) in [6, 6.07) is 6.33. The number of aryl methyl sites for hydroxylation is 2. The molecule has 0 aliphatic carbocycles. The standard InChI is InChI=1S/C10H13NS/c1-7-3-4-8(2)9(5-7)6-10(11)12/h3-5H,6H2,1-2H3,(H2,11,12). The van der Waals surface area contributed by atoms with E-state index in [9.17, 15) is 0 Å². The van der Waals surface area contributed by atoms with Gasteiger partial charge in [-0.2, -0.15) is 0 Å². The van der Waals surface area contributed by atoms with Crippen LogP contribution in [-0.4, -0.2) is 4.99 Å². The smallest absolute Gasteiger partial charge is 0.0771 e. The molecule has 1 nitrogen and oxygen atoms in total. The van der Waals surface area contributed by atoms with Crippen LogP contribution < -0.4 is 5.73 Å². The molecule has 0 aromatic heterocycles. The molecule has 0 aliphatic rings. The fraction of sp³-hybridized carbons (Fsp3) is 0.300. The van der Waals surface area contributed by atoms with Crippen molar-refractivity contribution in [3.05, 3.63) is 34.9 Å². The summed E-state index contributed by atoms with van der Waals surface area (Å²) in [4.78, 5) is 0.559. The minimum Gasteiger partial charge on any atom is -0.393 e. The number of rotatable bonds is 2. The molecule has 0 spiro atoms. The zero-order valence-electron chi connectivity index (χ0n) is 7.42. The Kier molecular flexibility index (Phi) is 2.82. The number of thiocarbonyl (C=S) groups is 1. The van der Waals surface area contributed by atoms with Crippen LogP contribution in [0.15, 0.2) is 18.2 Å². The van der Waals surface area contributed by atoms with Gasteiger partial charge in [-0.3, -0.25) is 0 Å². The molecule has 0 heterocycles. The van der Waals surface area contributed by atoms with Gasteiger partial charge in [-0.05, 0) is 25.0 Å². The van der Waals surface area contributed by atoms with Gasteiger partial charge in [0.15, 0.2) is 0 Å². The van der Waals surface area contributed by atoms with Crippen LogP contribution in [0.5, 0.6) is 0 Å². The second kappa shape index (κ2) is 3.68. The van der Waals surface area contributed by atoms with Crippen LogP contribution in [0.3, 0.4) is 0 Å². The predicted octanol–water partition coefficient (Wildman–Crippen LogP) is 2.13. The summed E-state index contributed by atoms with van der Waals surface area (Å²) in [5.41, 5.74) is 9.23. The Morgan fingerprint density at radius 1 is 1.42 bits per heavy atom. The summed E-state index contributed by atoms with van der Waals surface area (Å²) in [6.45, 7) is 4.15. The largest absolute Gasteiger partial charge is 0.393 e. The molecule has 2 heteroatoms. The average Bonchev–Trinajstić information content (AvgIpc) is 1.96. The Labute approximate surface area is 78.6 Å². The van der Waals surface area contributed by atoms with Crippen LogP contribution in [-0.2, 0) is 6.42 Å². The van der Waals surface area contributed by atoms with Gasteiger partial charge in [-0.25, -0.2) is 0 Å². The van der Waals surface area contributed by atoms with E-state index in [0.717, 1.165) is 0 Å². The van der Waals surface area contributed by atoms with Crippen molar-refractivity contribution in [2.75, 3.05) is 0 Å². The molecule has 12 heavy (non-hydrogen) atoms. The van der Waals surface area contributed by atoms with Gasteiger partial charge >= 0.3 is 0 Å². The molecular weight excluding hydrogens is 166 g/mol. The lowest BCUT2D eigenvalue weighted by Gasteiger charge is -2.05. The van der Waals surface area contributed by atoms with E-state index in [0.29, 0.717) is 11.4 Å². The number of hydrogen-bond acceptors (Lipinski definition) is 1. The number of nitrogens with two attached hydrogens (primary N) is 1. The van der Waals surface area contributed by atoms with Crippen molar-refractivity contribution in [2.24, 2.45) is 5.73 Å². The molecule has 2 N–H and O–H groups in total. The molecule has 0 atom stereocenters. The highest BCUT2D eigenvalue weighted by molar-refractivity contribution is 7.80. The summed E-state index contributed by atoms with van der Waals surface area (Å²) >= 11 is 4.86. The molecule has 0 saturated carbocycles. The molecule has 0 fully saturated rings. The molecular formula is C10H13NS. The molecule has 0 radical (unpaired) electrons. The first kappa shape index (κ1) is 9.20. The second-order valence-electron chi connectivity index (χ2n) is 3.07. The third kappa shape index (κ3) is 2.31. The first-order valence-corrected chi connectivity index (χ1v) is 4.35. The molecule has 0 bridgehead atoms. The van der Waals surface area contributed by atoms with Gasteiger partial charge in [0.2, 0.25) is 0 Å². The van der Waals surface area contributed by atoms with Gasteiger partial charge in [0.05, 0.1) is 4.99 Å². The monoisotopic (exact) mass is 179 g/mol. The fourth-order valence-corrected chi connectivity index (χ4v) is 1.33. The highest BCUT2D eigenvalue weighted by atomic mass is 32.1. The molecule has 0 unspecified atom stereocenters. The average molecular weight is 179 g/mol. The topological polar surface area (TPSA) is 26.0 Å². The van der Waals surface area contributed by atoms with Crippen LogP contribution in [0, 0.1) is 13.8 Å². The van der Waals surface area contributed by atoms with Crippen molar-refractivity contribution in [3.8, 4) is 0 Å². The van der Waals surface area contributed by atoms with Crippen molar-refractivity contribution in [3.63, 3.8) is 0 Å². The summed E-state index contributed by atoms with van der Waals surface area (Å²) < 4.78 is 0. The van der Waals surface area contributed by atoms with Crippen LogP contribution in [0.25, 0.3) is 0 Å². The Bertz CT molecular complexity index is 305. The molecule has 64 valence electrons. The molecule has 0 aliphatic heterocycles. The minimum atomic E-state index is 0.559. The summed E-state index contributed by atoms with van der Waals surface area (Å²) in [5, 5.41) is 0. The molecule has 0 saturated heterocycles. The van der Waals surface area contributed by atoms with Crippen molar-refractivity contribution < 1.29 is 0 Å². The Morgan fingerprint density at radius 2 is 2.08 bits per heavy atom. The maximum Gasteiger partial charge on any atom is 0.0771 e. The van der Waals surface area contributed by atoms with Gasteiger partial charge in [0.1, 0.15) is 0 Å². The lowest BCUT2D eigenvalue weighted by molar-refractivity contribution is 1.23. The maximum atomic E-state index is 5.47. The minimum absolute atomic E-state index is 0.559. The predicted molar refractivity (Wildman–Crippen MR) is 56.4 cm³/mol. The SMILES string of the molecule is Cc1ccc(C)c(CC(N)=S)c1. The van der Waals surface area contributed by atoms with Crippen LogP contribution in [0.2, 0.25) is 0 Å². The maximum absolute atomic E-state index is 5.47. The van der Waals surface area contributed by atoms with E-state index in [1.165, 1.54) is 16.7 Å². The third-order valence-corrected chi connectivity index (χ3v) is 2.01. The Balaban J connectivity index is 2.97. The summed E-state index contributed by atoms with van der Waals surface area (Å²) in [6.07, 6.45) is 0.711. The van der Waals surface area contributed by atoms with E-state index < -0.39 is 0 Å². The van der Waals surface area contributed by atoms with E-state index in [1.807, 2.05) is 0 Å². The highest BCUT2D eigenvalue weighted by Crippen LogP contribution is 2.10. The van der Waals surface area contributed by atoms with Crippen molar-refractivity contribution >= 4 is 17.2 Å². The quantitative estimate of drug-likeness (QED) is 0.704. The van der Waals surface area contributed by atoms with Gasteiger partial charge in [0.25, 0.3) is 0 Å². The molecule has 1 rings (SSSR count). The fourth-order valence-electron chi connectivity index (χ4n) is 1.18. The lowest BCUT2D eigenvalue weighted by atomic mass is 10.0. The van der Waals surface area contributed by atoms with E-state index in [1.54, 1.807) is 0 Å². The lowest BCUT2D eigenvalue weighted by Crippen LogP contribution is -2.11. The summed E-state index contributed by atoms with van der Waals surface area (Å²) in [5.74, 6) is 0. The van der Waals surface area contributed by atoms with E-state index in [2.05, 4.69) is 32.0 Å². The Morgan fingerprint density at radius 3 is 2.67 bits per heavy atom. The normalized spacial score (nSPS) is 9.83. The van der Waals surface area contributed by atoms with E-state index in [4.69, 9.17) is 18.0 Å². The summed E-state index contributed by atoms with van der Waals surface area (Å²) in [7, 11) is 0. The Hall–Kier alpha value is -0.890. The van der Waals surface area contributed by atoms with Crippen molar-refractivity contribution in [2.45, 2.75) is 20.3 Å². The molecule has 1 aromatic carbocycles. The number of hydrogen-bond donors (Lipinski definition) is 1. The van der Waals surface area contributed by atoms with E-state index >= 15 is 0 Å². The van der Waals surface area contributed by atoms with Crippen LogP contribution >= 0.6 is 12.2 Å². The highest BCUT2D eigenvalue weighted by Gasteiger charge is 1.99. The first-order valence-electron chi connectivity index (χ1n) is 3.94. The van der Waals surface area contributed by atoms with Gasteiger partial charge in [-0.15, -0.1) is 0 Å². The first-order chi connectivity index (χ1) is 5.59.